The second-order valence-corrected chi connectivity index (χ2v) is 8.38. The molecule has 3 aromatic rings. The van der Waals surface area contributed by atoms with Crippen molar-refractivity contribution in [1.29, 1.82) is 0 Å². The second-order valence-electron chi connectivity index (χ2n) is 7.36. The minimum Gasteiger partial charge on any atom is -0.341 e. The van der Waals surface area contributed by atoms with Gasteiger partial charge in [0, 0.05) is 28.5 Å². The zero-order valence-electron chi connectivity index (χ0n) is 16.4. The highest BCUT2D eigenvalue weighted by atomic mass is 32.2. The summed E-state index contributed by atoms with van der Waals surface area (Å²) < 4.78 is 0. The average molecular weight is 416 g/mol. The van der Waals surface area contributed by atoms with Crippen molar-refractivity contribution in [3.63, 3.8) is 0 Å². The van der Waals surface area contributed by atoms with E-state index in [1.54, 1.807) is 4.90 Å². The van der Waals surface area contributed by atoms with E-state index in [2.05, 4.69) is 34.5 Å². The van der Waals surface area contributed by atoms with E-state index >= 15 is 0 Å². The molecule has 30 heavy (non-hydrogen) atoms. The van der Waals surface area contributed by atoms with E-state index in [1.165, 1.54) is 23.0 Å². The summed E-state index contributed by atoms with van der Waals surface area (Å²) in [6.07, 6.45) is 1.04. The number of thioether (sulfide) groups is 1. The Bertz CT molecular complexity index is 1110. The maximum absolute atomic E-state index is 12.6. The van der Waals surface area contributed by atoms with Gasteiger partial charge >= 0.3 is 0 Å². The van der Waals surface area contributed by atoms with Crippen LogP contribution in [-0.4, -0.2) is 30.7 Å². The van der Waals surface area contributed by atoms with Gasteiger partial charge in [0.2, 0.25) is 11.8 Å². The summed E-state index contributed by atoms with van der Waals surface area (Å²) in [5, 5.41) is 2.92. The first-order valence-electron chi connectivity index (χ1n) is 9.96. The minimum atomic E-state index is -0.204. The van der Waals surface area contributed by atoms with Crippen LogP contribution in [0.4, 0.5) is 22.7 Å². The Morgan fingerprint density at radius 2 is 1.67 bits per heavy atom. The van der Waals surface area contributed by atoms with Crippen LogP contribution in [0, 0.1) is 0 Å². The molecule has 2 heterocycles. The highest BCUT2D eigenvalue weighted by molar-refractivity contribution is 8.00. The summed E-state index contributed by atoms with van der Waals surface area (Å²) in [4.78, 5) is 29.9. The number of hydrogen-bond acceptors (Lipinski definition) is 4. The third kappa shape index (κ3) is 3.55. The van der Waals surface area contributed by atoms with Crippen molar-refractivity contribution in [2.24, 2.45) is 0 Å². The van der Waals surface area contributed by atoms with Crippen LogP contribution in [0.5, 0.6) is 0 Å². The lowest BCUT2D eigenvalue weighted by molar-refractivity contribution is -0.120. The van der Waals surface area contributed by atoms with Crippen molar-refractivity contribution in [3.05, 3.63) is 78.4 Å². The van der Waals surface area contributed by atoms with Crippen molar-refractivity contribution in [1.82, 2.24) is 0 Å². The molecule has 0 radical (unpaired) electrons. The Morgan fingerprint density at radius 3 is 2.50 bits per heavy atom. The van der Waals surface area contributed by atoms with E-state index < -0.39 is 0 Å². The Morgan fingerprint density at radius 1 is 0.933 bits per heavy atom. The van der Waals surface area contributed by atoms with E-state index in [0.29, 0.717) is 5.75 Å². The Labute approximate surface area is 179 Å². The number of anilines is 4. The largest absolute Gasteiger partial charge is 0.341 e. The van der Waals surface area contributed by atoms with Crippen LogP contribution in [0.2, 0.25) is 0 Å². The molecule has 3 aromatic carbocycles. The number of nitrogens with zero attached hydrogens (tertiary/aromatic N) is 2. The van der Waals surface area contributed by atoms with Gasteiger partial charge in [-0.25, -0.2) is 0 Å². The maximum Gasteiger partial charge on any atom is 0.244 e. The molecule has 150 valence electrons. The predicted octanol–water partition coefficient (Wildman–Crippen LogP) is 4.46. The lowest BCUT2D eigenvalue weighted by Gasteiger charge is -2.28. The molecule has 6 heteroatoms. The number of fused-ring (bicyclic) bond motifs is 2. The fourth-order valence-electron chi connectivity index (χ4n) is 4.00. The van der Waals surface area contributed by atoms with Gasteiger partial charge < -0.3 is 15.1 Å². The van der Waals surface area contributed by atoms with Gasteiger partial charge in [-0.3, -0.25) is 9.59 Å². The van der Waals surface area contributed by atoms with E-state index in [0.717, 1.165) is 34.9 Å². The average Bonchev–Trinajstić information content (AvgIpc) is 3.20. The molecule has 5 rings (SSSR count). The van der Waals surface area contributed by atoms with Crippen LogP contribution < -0.4 is 15.1 Å². The lowest BCUT2D eigenvalue weighted by atomic mass is 10.2. The number of carbonyl (C=O) groups excluding carboxylic acids is 2. The molecule has 0 saturated carbocycles. The molecule has 0 spiro atoms. The van der Waals surface area contributed by atoms with Gasteiger partial charge in [0.15, 0.2) is 0 Å². The fourth-order valence-corrected chi connectivity index (χ4v) is 4.94. The van der Waals surface area contributed by atoms with Gasteiger partial charge in [-0.2, -0.15) is 0 Å². The number of benzene rings is 3. The summed E-state index contributed by atoms with van der Waals surface area (Å²) in [7, 11) is 0. The molecule has 0 saturated heterocycles. The molecule has 2 aliphatic rings. The number of carbonyl (C=O) groups is 2. The standard InChI is InChI=1S/C24H21N3O2S/c28-23(15-27-21-7-3-4-8-22(21)30-16-24(27)29)25-18-9-11-19(12-10-18)26-14-13-17-5-1-2-6-20(17)26/h1-12H,13-16H2,(H,25,28). The first kappa shape index (κ1) is 18.8. The Balaban J connectivity index is 1.27. The van der Waals surface area contributed by atoms with Crippen LogP contribution in [0.25, 0.3) is 0 Å². The van der Waals surface area contributed by atoms with Gasteiger partial charge in [-0.1, -0.05) is 30.3 Å². The van der Waals surface area contributed by atoms with Crippen LogP contribution in [-0.2, 0) is 16.0 Å². The van der Waals surface area contributed by atoms with Crippen molar-refractivity contribution in [2.75, 3.05) is 34.0 Å². The third-order valence-corrected chi connectivity index (χ3v) is 6.51. The van der Waals surface area contributed by atoms with Gasteiger partial charge in [0.25, 0.3) is 0 Å². The van der Waals surface area contributed by atoms with Crippen LogP contribution in [0.3, 0.4) is 0 Å². The fraction of sp³-hybridized carbons (Fsp3) is 0.167. The predicted molar refractivity (Wildman–Crippen MR) is 122 cm³/mol. The first-order valence-corrected chi connectivity index (χ1v) is 11.0. The summed E-state index contributed by atoms with van der Waals surface area (Å²) in [5.41, 5.74) is 5.24. The van der Waals surface area contributed by atoms with Gasteiger partial charge in [0.05, 0.1) is 11.4 Å². The third-order valence-electron chi connectivity index (χ3n) is 5.46. The smallest absolute Gasteiger partial charge is 0.244 e. The topological polar surface area (TPSA) is 52.7 Å². The summed E-state index contributed by atoms with van der Waals surface area (Å²) in [6, 6.07) is 24.0. The zero-order chi connectivity index (χ0) is 20.5. The zero-order valence-corrected chi connectivity index (χ0v) is 17.2. The number of rotatable bonds is 4. The number of para-hydroxylation sites is 2. The first-order chi connectivity index (χ1) is 14.7. The summed E-state index contributed by atoms with van der Waals surface area (Å²) >= 11 is 1.51. The minimum absolute atomic E-state index is 0.0116. The van der Waals surface area contributed by atoms with Gasteiger partial charge in [-0.15, -0.1) is 11.8 Å². The Hall–Kier alpha value is -3.25. The van der Waals surface area contributed by atoms with E-state index in [9.17, 15) is 9.59 Å². The van der Waals surface area contributed by atoms with Gasteiger partial charge in [-0.05, 0) is 54.4 Å². The molecular weight excluding hydrogens is 394 g/mol. The molecule has 0 atom stereocenters. The molecule has 5 nitrogen and oxygen atoms in total. The number of amides is 2. The molecule has 1 N–H and O–H groups in total. The summed E-state index contributed by atoms with van der Waals surface area (Å²) in [6.45, 7) is 0.969. The molecule has 2 aliphatic heterocycles. The Kier molecular flexibility index (Phi) is 4.93. The van der Waals surface area contributed by atoms with Crippen molar-refractivity contribution in [2.45, 2.75) is 11.3 Å². The van der Waals surface area contributed by atoms with E-state index in [4.69, 9.17) is 0 Å². The number of hydrogen-bond donors (Lipinski definition) is 1. The normalized spacial score (nSPS) is 15.0. The van der Waals surface area contributed by atoms with Gasteiger partial charge in [0.1, 0.15) is 6.54 Å². The SMILES string of the molecule is O=C(CN1C(=O)CSc2ccccc21)Nc1ccc(N2CCc3ccccc32)cc1. The molecule has 0 aromatic heterocycles. The molecule has 0 bridgehead atoms. The lowest BCUT2D eigenvalue weighted by Crippen LogP contribution is -2.41. The van der Waals surface area contributed by atoms with Crippen LogP contribution >= 0.6 is 11.8 Å². The van der Waals surface area contributed by atoms with Crippen molar-refractivity contribution >= 4 is 46.3 Å². The van der Waals surface area contributed by atoms with Crippen LogP contribution in [0.15, 0.2) is 77.7 Å². The maximum atomic E-state index is 12.6. The van der Waals surface area contributed by atoms with Crippen molar-refractivity contribution in [3.8, 4) is 0 Å². The number of nitrogens with one attached hydrogen (secondary N) is 1. The monoisotopic (exact) mass is 415 g/mol. The van der Waals surface area contributed by atoms with E-state index in [-0.39, 0.29) is 18.4 Å². The highest BCUT2D eigenvalue weighted by Crippen LogP contribution is 2.36. The van der Waals surface area contributed by atoms with Crippen LogP contribution in [0.1, 0.15) is 5.56 Å². The van der Waals surface area contributed by atoms with E-state index in [1.807, 2.05) is 48.5 Å². The molecule has 0 aliphatic carbocycles. The molecule has 0 fully saturated rings. The van der Waals surface area contributed by atoms with Crippen molar-refractivity contribution < 1.29 is 9.59 Å². The molecule has 2 amide bonds. The highest BCUT2D eigenvalue weighted by Gasteiger charge is 2.26. The molecule has 0 unspecified atom stereocenters. The second kappa shape index (κ2) is 7.88. The summed E-state index contributed by atoms with van der Waals surface area (Å²) in [5.74, 6) is 0.109. The quantitative estimate of drug-likeness (QED) is 0.684. The molecular formula is C24H21N3O2S.